The Bertz CT molecular complexity index is 195. The maximum Gasteiger partial charge on any atom is 0.309 e. The third kappa shape index (κ3) is 8.54. The highest BCUT2D eigenvalue weighted by Gasteiger charge is 2.20. The van der Waals surface area contributed by atoms with Crippen molar-refractivity contribution in [2.24, 2.45) is 5.92 Å². The summed E-state index contributed by atoms with van der Waals surface area (Å²) in [6.45, 7) is 8.50. The lowest BCUT2D eigenvalue weighted by atomic mass is 9.98. The van der Waals surface area contributed by atoms with Gasteiger partial charge in [0.2, 0.25) is 0 Å². The fourth-order valence-corrected chi connectivity index (χ4v) is 2.29. The summed E-state index contributed by atoms with van der Waals surface area (Å²) in [6, 6.07) is 0. The van der Waals surface area contributed by atoms with Gasteiger partial charge in [0.25, 0.3) is 0 Å². The van der Waals surface area contributed by atoms with Crippen LogP contribution in [0.4, 0.5) is 0 Å². The van der Waals surface area contributed by atoms with Crippen molar-refractivity contribution in [3.05, 3.63) is 0 Å². The van der Waals surface area contributed by atoms with Crippen molar-refractivity contribution >= 4 is 5.97 Å². The zero-order valence-corrected chi connectivity index (χ0v) is 12.8. The number of hydrogen-bond donors (Lipinski definition) is 0. The fourth-order valence-electron chi connectivity index (χ4n) is 2.29. The molecular formula is C16H32O2. The van der Waals surface area contributed by atoms with Crippen LogP contribution in [0.25, 0.3) is 0 Å². The average Bonchev–Trinajstić information content (AvgIpc) is 2.34. The molecule has 108 valence electrons. The van der Waals surface area contributed by atoms with Crippen molar-refractivity contribution in [1.29, 1.82) is 0 Å². The van der Waals surface area contributed by atoms with E-state index in [0.717, 1.165) is 32.1 Å². The van der Waals surface area contributed by atoms with Crippen molar-refractivity contribution < 1.29 is 9.53 Å². The van der Waals surface area contributed by atoms with Crippen LogP contribution in [0.1, 0.15) is 85.5 Å². The molecule has 0 aliphatic heterocycles. The Morgan fingerprint density at radius 1 is 0.889 bits per heavy atom. The Hall–Kier alpha value is -0.530. The highest BCUT2D eigenvalue weighted by Crippen LogP contribution is 2.17. The Morgan fingerprint density at radius 2 is 1.50 bits per heavy atom. The third-order valence-corrected chi connectivity index (χ3v) is 3.39. The first-order chi connectivity index (χ1) is 8.65. The van der Waals surface area contributed by atoms with Crippen LogP contribution in [0.3, 0.4) is 0 Å². The van der Waals surface area contributed by atoms with Crippen LogP contribution in [0.5, 0.6) is 0 Å². The van der Waals surface area contributed by atoms with Gasteiger partial charge in [0.05, 0.1) is 12.0 Å². The van der Waals surface area contributed by atoms with Gasteiger partial charge in [-0.1, -0.05) is 52.9 Å². The standard InChI is InChI=1S/C16H32O2/c1-5-8-9-10-13-14(4)18-16(17)15(11-6-2)12-7-3/h14-15H,5-13H2,1-4H3. The zero-order chi connectivity index (χ0) is 13.8. The predicted octanol–water partition coefficient (Wildman–Crippen LogP) is 5.10. The van der Waals surface area contributed by atoms with Gasteiger partial charge < -0.3 is 4.74 Å². The Labute approximate surface area is 113 Å². The van der Waals surface area contributed by atoms with Crippen LogP contribution in [-0.2, 0) is 9.53 Å². The minimum absolute atomic E-state index is 0.0293. The Morgan fingerprint density at radius 3 is 2.00 bits per heavy atom. The van der Waals surface area contributed by atoms with Gasteiger partial charge in [-0.05, 0) is 32.6 Å². The number of ether oxygens (including phenoxy) is 1. The van der Waals surface area contributed by atoms with E-state index in [2.05, 4.69) is 20.8 Å². The van der Waals surface area contributed by atoms with E-state index in [-0.39, 0.29) is 18.0 Å². The van der Waals surface area contributed by atoms with Crippen LogP contribution in [0.2, 0.25) is 0 Å². The van der Waals surface area contributed by atoms with E-state index in [9.17, 15) is 4.79 Å². The SMILES string of the molecule is CCCCCCC(C)OC(=O)C(CCC)CCC. The summed E-state index contributed by atoms with van der Waals surface area (Å²) in [6.07, 6.45) is 10.1. The van der Waals surface area contributed by atoms with E-state index in [1.54, 1.807) is 0 Å². The van der Waals surface area contributed by atoms with E-state index in [1.807, 2.05) is 6.92 Å². The maximum atomic E-state index is 12.0. The minimum Gasteiger partial charge on any atom is -0.462 e. The number of rotatable bonds is 11. The molecule has 2 nitrogen and oxygen atoms in total. The van der Waals surface area contributed by atoms with Gasteiger partial charge in [0.15, 0.2) is 0 Å². The molecule has 0 aromatic carbocycles. The van der Waals surface area contributed by atoms with Gasteiger partial charge in [0, 0.05) is 0 Å². The van der Waals surface area contributed by atoms with Crippen molar-refractivity contribution in [3.8, 4) is 0 Å². The second kappa shape index (κ2) is 11.6. The molecule has 1 atom stereocenters. The van der Waals surface area contributed by atoms with E-state index in [4.69, 9.17) is 4.74 Å². The summed E-state index contributed by atoms with van der Waals surface area (Å²) in [5.74, 6) is 0.153. The molecule has 0 radical (unpaired) electrons. The van der Waals surface area contributed by atoms with Gasteiger partial charge in [-0.25, -0.2) is 0 Å². The first-order valence-electron chi connectivity index (χ1n) is 7.86. The molecular weight excluding hydrogens is 224 g/mol. The number of carbonyl (C=O) groups excluding carboxylic acids is 1. The summed E-state index contributed by atoms with van der Waals surface area (Å²) < 4.78 is 5.56. The van der Waals surface area contributed by atoms with Gasteiger partial charge in [-0.3, -0.25) is 4.79 Å². The summed E-state index contributed by atoms with van der Waals surface area (Å²) in [5, 5.41) is 0. The maximum absolute atomic E-state index is 12.0. The van der Waals surface area contributed by atoms with Crippen LogP contribution in [-0.4, -0.2) is 12.1 Å². The summed E-state index contributed by atoms with van der Waals surface area (Å²) >= 11 is 0. The van der Waals surface area contributed by atoms with E-state index in [0.29, 0.717) is 0 Å². The van der Waals surface area contributed by atoms with Crippen LogP contribution < -0.4 is 0 Å². The highest BCUT2D eigenvalue weighted by molar-refractivity contribution is 5.72. The van der Waals surface area contributed by atoms with E-state index >= 15 is 0 Å². The van der Waals surface area contributed by atoms with Crippen LogP contribution in [0.15, 0.2) is 0 Å². The van der Waals surface area contributed by atoms with Gasteiger partial charge in [-0.2, -0.15) is 0 Å². The third-order valence-electron chi connectivity index (χ3n) is 3.39. The van der Waals surface area contributed by atoms with E-state index < -0.39 is 0 Å². The molecule has 0 aliphatic rings. The summed E-state index contributed by atoms with van der Waals surface area (Å²) in [7, 11) is 0. The monoisotopic (exact) mass is 256 g/mol. The molecule has 0 N–H and O–H groups in total. The molecule has 0 fully saturated rings. The second-order valence-corrected chi connectivity index (χ2v) is 5.37. The largest absolute Gasteiger partial charge is 0.462 e. The number of unbranched alkanes of at least 4 members (excludes halogenated alkanes) is 3. The van der Waals surface area contributed by atoms with Crippen LogP contribution >= 0.6 is 0 Å². The molecule has 1 unspecified atom stereocenters. The molecule has 0 amide bonds. The van der Waals surface area contributed by atoms with Crippen molar-refractivity contribution in [3.63, 3.8) is 0 Å². The molecule has 0 bridgehead atoms. The molecule has 0 rings (SSSR count). The predicted molar refractivity (Wildman–Crippen MR) is 77.6 cm³/mol. The Kier molecular flexibility index (Phi) is 11.2. The van der Waals surface area contributed by atoms with Gasteiger partial charge in [-0.15, -0.1) is 0 Å². The quantitative estimate of drug-likeness (QED) is 0.379. The molecule has 2 heteroatoms. The lowest BCUT2D eigenvalue weighted by molar-refractivity contribution is -0.154. The first kappa shape index (κ1) is 17.5. The normalized spacial score (nSPS) is 12.7. The van der Waals surface area contributed by atoms with E-state index in [1.165, 1.54) is 25.7 Å². The summed E-state index contributed by atoms with van der Waals surface area (Å²) in [4.78, 5) is 12.0. The second-order valence-electron chi connectivity index (χ2n) is 5.37. The highest BCUT2D eigenvalue weighted by atomic mass is 16.5. The van der Waals surface area contributed by atoms with Crippen LogP contribution in [0, 0.1) is 5.92 Å². The topological polar surface area (TPSA) is 26.3 Å². The number of carbonyl (C=O) groups is 1. The zero-order valence-electron chi connectivity index (χ0n) is 12.8. The molecule has 0 saturated carbocycles. The molecule has 0 heterocycles. The average molecular weight is 256 g/mol. The molecule has 0 aromatic heterocycles. The molecule has 18 heavy (non-hydrogen) atoms. The van der Waals surface area contributed by atoms with Crippen molar-refractivity contribution in [2.75, 3.05) is 0 Å². The Balaban J connectivity index is 3.87. The van der Waals surface area contributed by atoms with Gasteiger partial charge >= 0.3 is 5.97 Å². The first-order valence-corrected chi connectivity index (χ1v) is 7.86. The van der Waals surface area contributed by atoms with Crippen molar-refractivity contribution in [2.45, 2.75) is 91.6 Å². The molecule has 0 spiro atoms. The van der Waals surface area contributed by atoms with Crippen molar-refractivity contribution in [1.82, 2.24) is 0 Å². The fraction of sp³-hybridized carbons (Fsp3) is 0.938. The molecule has 0 saturated heterocycles. The number of esters is 1. The molecule has 0 aliphatic carbocycles. The number of hydrogen-bond acceptors (Lipinski definition) is 2. The lowest BCUT2D eigenvalue weighted by Crippen LogP contribution is -2.22. The van der Waals surface area contributed by atoms with Gasteiger partial charge in [0.1, 0.15) is 0 Å². The lowest BCUT2D eigenvalue weighted by Gasteiger charge is -2.18. The smallest absolute Gasteiger partial charge is 0.309 e. The minimum atomic E-state index is 0.0293. The summed E-state index contributed by atoms with van der Waals surface area (Å²) in [5.41, 5.74) is 0. The molecule has 0 aromatic rings.